The number of anilines is 2. The van der Waals surface area contributed by atoms with Gasteiger partial charge in [-0.25, -0.2) is 0 Å². The molecular formula is C11H15N3O2S. The zero-order valence-electron chi connectivity index (χ0n) is 9.69. The Bertz CT molecular complexity index is 537. The Kier molecular flexibility index (Phi) is 4.30. The van der Waals surface area contributed by atoms with Gasteiger partial charge in [-0.2, -0.15) is 0 Å². The number of benzene rings is 1. The highest BCUT2D eigenvalue weighted by atomic mass is 32.1. The highest BCUT2D eigenvalue weighted by Crippen LogP contribution is 2.41. The molecule has 0 saturated carbocycles. The Labute approximate surface area is 103 Å². The van der Waals surface area contributed by atoms with E-state index in [-0.39, 0.29) is 0 Å². The molecular weight excluding hydrogens is 238 g/mol. The molecule has 0 fully saturated rings. The van der Waals surface area contributed by atoms with Gasteiger partial charge in [-0.05, 0) is 19.2 Å². The molecule has 0 aliphatic carbocycles. The van der Waals surface area contributed by atoms with Crippen LogP contribution >= 0.6 is 11.3 Å². The summed E-state index contributed by atoms with van der Waals surface area (Å²) in [4.78, 5) is 11.2. The number of hydrogen-bond donors (Lipinski definition) is 3. The van der Waals surface area contributed by atoms with Gasteiger partial charge in [0.25, 0.3) is 0 Å². The Morgan fingerprint density at radius 3 is 2.47 bits per heavy atom. The molecule has 17 heavy (non-hydrogen) atoms. The first-order valence-corrected chi connectivity index (χ1v) is 5.68. The van der Waals surface area contributed by atoms with Crippen molar-refractivity contribution in [2.45, 2.75) is 0 Å². The number of fused-ring (bicyclic) bond motifs is 1. The van der Waals surface area contributed by atoms with Crippen LogP contribution in [0.25, 0.3) is 10.1 Å². The molecule has 0 aliphatic rings. The minimum absolute atomic E-state index is 0.439. The zero-order valence-corrected chi connectivity index (χ0v) is 10.5. The normalized spacial score (nSPS) is 9.59. The molecule has 1 aromatic heterocycles. The number of methoxy groups -OCH3 is 1. The van der Waals surface area contributed by atoms with Gasteiger partial charge in [-0.1, -0.05) is 0 Å². The molecule has 1 aromatic carbocycles. The molecule has 0 bridgehead atoms. The van der Waals surface area contributed by atoms with Crippen molar-refractivity contribution in [2.24, 2.45) is 5.73 Å². The predicted octanol–water partition coefficient (Wildman–Crippen LogP) is 1.46. The van der Waals surface area contributed by atoms with Crippen LogP contribution in [0.1, 0.15) is 9.67 Å². The quantitative estimate of drug-likeness (QED) is 0.555. The van der Waals surface area contributed by atoms with Gasteiger partial charge in [0.1, 0.15) is 5.75 Å². The first kappa shape index (κ1) is 13.3. The minimum atomic E-state index is 0.439. The van der Waals surface area contributed by atoms with E-state index in [4.69, 9.17) is 16.2 Å². The second kappa shape index (κ2) is 5.51. The van der Waals surface area contributed by atoms with Crippen LogP contribution < -0.4 is 21.9 Å². The third-order valence-corrected chi connectivity index (χ3v) is 3.40. The van der Waals surface area contributed by atoms with Gasteiger partial charge >= 0.3 is 0 Å². The first-order chi connectivity index (χ1) is 8.19. The highest BCUT2D eigenvalue weighted by Gasteiger charge is 2.14. The molecule has 92 valence electrons. The molecule has 0 radical (unpaired) electrons. The first-order valence-electron chi connectivity index (χ1n) is 4.86. The summed E-state index contributed by atoms with van der Waals surface area (Å²) in [5, 5.41) is 0.726. The molecule has 0 aliphatic heterocycles. The van der Waals surface area contributed by atoms with Crippen molar-refractivity contribution in [3.05, 3.63) is 17.0 Å². The maximum absolute atomic E-state index is 10.8. The minimum Gasteiger partial charge on any atom is -0.496 e. The lowest BCUT2D eigenvalue weighted by Crippen LogP contribution is -1.91. The molecule has 5 nitrogen and oxygen atoms in total. The number of hydrogen-bond acceptors (Lipinski definition) is 6. The summed E-state index contributed by atoms with van der Waals surface area (Å²) >= 11 is 1.28. The van der Waals surface area contributed by atoms with Gasteiger partial charge < -0.3 is 21.9 Å². The monoisotopic (exact) mass is 253 g/mol. The van der Waals surface area contributed by atoms with Crippen LogP contribution in [0.4, 0.5) is 11.4 Å². The van der Waals surface area contributed by atoms with Gasteiger partial charge in [-0.3, -0.25) is 4.79 Å². The fourth-order valence-electron chi connectivity index (χ4n) is 1.49. The van der Waals surface area contributed by atoms with Crippen LogP contribution in [0, 0.1) is 0 Å². The van der Waals surface area contributed by atoms with Crippen LogP contribution in [0.15, 0.2) is 12.1 Å². The van der Waals surface area contributed by atoms with Crippen LogP contribution in [0.3, 0.4) is 0 Å². The number of nitrogens with two attached hydrogens (primary N) is 3. The second-order valence-corrected chi connectivity index (χ2v) is 4.11. The van der Waals surface area contributed by atoms with E-state index in [0.717, 1.165) is 16.4 Å². The molecule has 0 amide bonds. The van der Waals surface area contributed by atoms with E-state index in [2.05, 4.69) is 5.73 Å². The molecule has 0 spiro atoms. The third kappa shape index (κ3) is 2.17. The Morgan fingerprint density at radius 2 is 1.94 bits per heavy atom. The lowest BCUT2D eigenvalue weighted by Gasteiger charge is -2.04. The summed E-state index contributed by atoms with van der Waals surface area (Å²) < 4.78 is 5.98. The van der Waals surface area contributed by atoms with Gasteiger partial charge in [-0.15, -0.1) is 11.3 Å². The number of thiophene rings is 1. The number of ether oxygens (including phenoxy) is 1. The lowest BCUT2D eigenvalue weighted by atomic mass is 10.2. The van der Waals surface area contributed by atoms with Gasteiger partial charge in [0.2, 0.25) is 0 Å². The summed E-state index contributed by atoms with van der Waals surface area (Å²) in [6, 6.07) is 3.49. The van der Waals surface area contributed by atoms with Gasteiger partial charge in [0.15, 0.2) is 6.29 Å². The summed E-state index contributed by atoms with van der Waals surface area (Å²) in [5.41, 5.74) is 17.2. The van der Waals surface area contributed by atoms with E-state index in [1.165, 1.54) is 18.4 Å². The average Bonchev–Trinajstić information content (AvgIpc) is 2.71. The molecule has 6 heteroatoms. The molecule has 0 saturated heterocycles. The molecule has 6 N–H and O–H groups in total. The largest absolute Gasteiger partial charge is 0.496 e. The van der Waals surface area contributed by atoms with Crippen molar-refractivity contribution in [3.8, 4) is 5.75 Å². The number of aldehydes is 1. The van der Waals surface area contributed by atoms with Crippen molar-refractivity contribution in [1.29, 1.82) is 0 Å². The standard InChI is InChI=1S/C10H10N2O2S.CH5N/c1-14-6-3-2-5(11)10-8(6)9(12)7(4-13)15-10;1-2/h2-4H,11-12H2,1H3;2H2,1H3. The van der Waals surface area contributed by atoms with Gasteiger partial charge in [0.05, 0.1) is 27.8 Å². The highest BCUT2D eigenvalue weighted by molar-refractivity contribution is 7.22. The zero-order chi connectivity index (χ0) is 13.0. The average molecular weight is 253 g/mol. The van der Waals surface area contributed by atoms with Crippen LogP contribution in [0.2, 0.25) is 0 Å². The van der Waals surface area contributed by atoms with E-state index >= 15 is 0 Å². The van der Waals surface area contributed by atoms with Crippen LogP contribution in [0.5, 0.6) is 5.75 Å². The number of rotatable bonds is 2. The van der Waals surface area contributed by atoms with Crippen molar-refractivity contribution in [2.75, 3.05) is 25.6 Å². The SMILES string of the molecule is CN.COc1ccc(N)c2sc(C=O)c(N)c12. The van der Waals surface area contributed by atoms with E-state index < -0.39 is 0 Å². The second-order valence-electron chi connectivity index (χ2n) is 3.06. The number of nitrogen functional groups attached to an aromatic ring is 2. The van der Waals surface area contributed by atoms with Crippen molar-refractivity contribution < 1.29 is 9.53 Å². The predicted molar refractivity (Wildman–Crippen MR) is 72.7 cm³/mol. The molecule has 1 heterocycles. The smallest absolute Gasteiger partial charge is 0.162 e. The Hall–Kier alpha value is -1.79. The number of carbonyl (C=O) groups is 1. The van der Waals surface area contributed by atoms with Crippen LogP contribution in [-0.4, -0.2) is 20.4 Å². The fraction of sp³-hybridized carbons (Fsp3) is 0.182. The maximum atomic E-state index is 10.8. The van der Waals surface area contributed by atoms with Crippen molar-refractivity contribution in [3.63, 3.8) is 0 Å². The summed E-state index contributed by atoms with van der Waals surface area (Å²) in [5.74, 6) is 0.640. The summed E-state index contributed by atoms with van der Waals surface area (Å²) in [6.45, 7) is 0. The third-order valence-electron chi connectivity index (χ3n) is 2.22. The molecule has 0 atom stereocenters. The topological polar surface area (TPSA) is 104 Å². The van der Waals surface area contributed by atoms with Gasteiger partial charge in [0, 0.05) is 5.69 Å². The summed E-state index contributed by atoms with van der Waals surface area (Å²) in [7, 11) is 3.06. The van der Waals surface area contributed by atoms with Crippen LogP contribution in [-0.2, 0) is 0 Å². The van der Waals surface area contributed by atoms with E-state index in [1.807, 2.05) is 0 Å². The Morgan fingerprint density at radius 1 is 1.29 bits per heavy atom. The number of carbonyl (C=O) groups excluding carboxylic acids is 1. The summed E-state index contributed by atoms with van der Waals surface area (Å²) in [6.07, 6.45) is 0.735. The fourth-order valence-corrected chi connectivity index (χ4v) is 2.47. The molecule has 2 aromatic rings. The van der Waals surface area contributed by atoms with E-state index in [1.54, 1.807) is 19.2 Å². The molecule has 2 rings (SSSR count). The van der Waals surface area contributed by atoms with Crippen molar-refractivity contribution >= 4 is 39.1 Å². The van der Waals surface area contributed by atoms with E-state index in [0.29, 0.717) is 22.0 Å². The lowest BCUT2D eigenvalue weighted by molar-refractivity contribution is 0.112. The van der Waals surface area contributed by atoms with E-state index in [9.17, 15) is 4.79 Å². The maximum Gasteiger partial charge on any atom is 0.162 e. The van der Waals surface area contributed by atoms with Crippen molar-refractivity contribution in [1.82, 2.24) is 0 Å². The Balaban J connectivity index is 0.000000686. The molecule has 0 unspecified atom stereocenters.